The highest BCUT2D eigenvalue weighted by Gasteiger charge is 2.34. The van der Waals surface area contributed by atoms with E-state index in [1.807, 2.05) is 0 Å². The fourth-order valence-corrected chi connectivity index (χ4v) is 1.03. The molecule has 0 unspecified atom stereocenters. The predicted molar refractivity (Wildman–Crippen MR) is 44.7 cm³/mol. The number of non-ortho nitro benzene ring substituents is 1. The molecule has 17 heavy (non-hydrogen) atoms. The molecule has 1 aromatic rings. The third kappa shape index (κ3) is 3.54. The van der Waals surface area contributed by atoms with Gasteiger partial charge >= 0.3 is 6.36 Å². The predicted octanol–water partition coefficient (Wildman–Crippen LogP) is 3.43. The molecule has 0 aliphatic rings. The van der Waals surface area contributed by atoms with Crippen LogP contribution in [0, 0.1) is 10.1 Å². The van der Waals surface area contributed by atoms with Crippen LogP contribution >= 0.6 is 0 Å². The zero-order chi connectivity index (χ0) is 13.2. The van der Waals surface area contributed by atoms with Crippen LogP contribution in [0.25, 0.3) is 0 Å². The van der Waals surface area contributed by atoms with Crippen LogP contribution in [0.15, 0.2) is 18.2 Å². The maximum absolute atomic E-state index is 12.3. The first kappa shape index (κ1) is 13.1. The molecule has 9 heteroatoms. The molecule has 0 saturated heterocycles. The first-order valence-electron chi connectivity index (χ1n) is 4.03. The molecule has 0 aliphatic carbocycles. The normalized spacial score (nSPS) is 11.6. The van der Waals surface area contributed by atoms with Gasteiger partial charge in [-0.2, -0.15) is 0 Å². The fraction of sp³-hybridized carbons (Fsp3) is 0.250. The minimum atomic E-state index is -5.20. The average Bonchev–Trinajstić information content (AvgIpc) is 2.14. The van der Waals surface area contributed by atoms with Crippen LogP contribution in [0.3, 0.4) is 0 Å². The molecule has 0 radical (unpaired) electrons. The molecule has 0 aliphatic heterocycles. The summed E-state index contributed by atoms with van der Waals surface area (Å²) in [6.07, 6.45) is -8.42. The van der Waals surface area contributed by atoms with Gasteiger partial charge in [0.25, 0.3) is 12.1 Å². The zero-order valence-corrected chi connectivity index (χ0v) is 7.87. The van der Waals surface area contributed by atoms with E-state index in [-0.39, 0.29) is 0 Å². The van der Waals surface area contributed by atoms with E-state index in [9.17, 15) is 32.1 Å². The Morgan fingerprint density at radius 3 is 2.29 bits per heavy atom. The summed E-state index contributed by atoms with van der Waals surface area (Å²) < 4.78 is 63.6. The summed E-state index contributed by atoms with van der Waals surface area (Å²) >= 11 is 0. The highest BCUT2D eigenvalue weighted by Crippen LogP contribution is 2.35. The molecule has 0 spiro atoms. The minimum Gasteiger partial charge on any atom is -0.405 e. The molecule has 94 valence electrons. The lowest BCUT2D eigenvalue weighted by molar-refractivity contribution is -0.385. The number of hydrogen-bond donors (Lipinski definition) is 0. The largest absolute Gasteiger partial charge is 0.573 e. The third-order valence-electron chi connectivity index (χ3n) is 1.67. The summed E-state index contributed by atoms with van der Waals surface area (Å²) in [5.74, 6) is -1.28. The SMILES string of the molecule is O=[N+]([O-])c1ccc(C(F)F)c(OC(F)(F)F)c1. The van der Waals surface area contributed by atoms with Crippen LogP contribution in [0.4, 0.5) is 27.6 Å². The second-order valence-electron chi connectivity index (χ2n) is 2.83. The molecule has 0 bridgehead atoms. The Balaban J connectivity index is 3.21. The maximum Gasteiger partial charge on any atom is 0.573 e. The Morgan fingerprint density at radius 2 is 1.88 bits per heavy atom. The van der Waals surface area contributed by atoms with Gasteiger partial charge in [-0.15, -0.1) is 13.2 Å². The van der Waals surface area contributed by atoms with Gasteiger partial charge in [-0.3, -0.25) is 10.1 Å². The number of hydrogen-bond acceptors (Lipinski definition) is 3. The highest BCUT2D eigenvalue weighted by molar-refractivity contribution is 5.45. The smallest absolute Gasteiger partial charge is 0.405 e. The van der Waals surface area contributed by atoms with E-state index in [1.54, 1.807) is 0 Å². The van der Waals surface area contributed by atoms with E-state index in [0.29, 0.717) is 18.2 Å². The first-order chi connectivity index (χ1) is 7.70. The van der Waals surface area contributed by atoms with E-state index >= 15 is 0 Å². The second kappa shape index (κ2) is 4.52. The van der Waals surface area contributed by atoms with E-state index in [0.717, 1.165) is 0 Å². The highest BCUT2D eigenvalue weighted by atomic mass is 19.4. The van der Waals surface area contributed by atoms with E-state index < -0.39 is 34.7 Å². The van der Waals surface area contributed by atoms with Crippen LogP contribution in [-0.4, -0.2) is 11.3 Å². The summed E-state index contributed by atoms with van der Waals surface area (Å²) in [7, 11) is 0. The second-order valence-corrected chi connectivity index (χ2v) is 2.83. The summed E-state index contributed by atoms with van der Waals surface area (Å²) in [4.78, 5) is 9.27. The molecular weight excluding hydrogens is 253 g/mol. The van der Waals surface area contributed by atoms with Crippen molar-refractivity contribution < 1.29 is 31.6 Å². The number of nitro groups is 1. The van der Waals surface area contributed by atoms with Crippen LogP contribution < -0.4 is 4.74 Å². The summed E-state index contributed by atoms with van der Waals surface area (Å²) in [5, 5.41) is 10.3. The minimum absolute atomic E-state index is 0.301. The number of benzene rings is 1. The van der Waals surface area contributed by atoms with Crippen molar-refractivity contribution in [2.24, 2.45) is 0 Å². The number of rotatable bonds is 3. The number of nitrogens with zero attached hydrogens (tertiary/aromatic N) is 1. The van der Waals surface area contributed by atoms with Gasteiger partial charge in [0.1, 0.15) is 5.75 Å². The molecule has 1 aromatic carbocycles. The van der Waals surface area contributed by atoms with Gasteiger partial charge in [0, 0.05) is 6.07 Å². The number of ether oxygens (including phenoxy) is 1. The van der Waals surface area contributed by atoms with Crippen molar-refractivity contribution in [3.05, 3.63) is 33.9 Å². The summed E-state index contributed by atoms with van der Waals surface area (Å²) in [6, 6.07) is 1.49. The van der Waals surface area contributed by atoms with Crippen molar-refractivity contribution in [3.8, 4) is 5.75 Å². The van der Waals surface area contributed by atoms with Crippen molar-refractivity contribution in [3.63, 3.8) is 0 Å². The lowest BCUT2D eigenvalue weighted by Gasteiger charge is -2.12. The van der Waals surface area contributed by atoms with Gasteiger partial charge in [-0.1, -0.05) is 0 Å². The van der Waals surface area contributed by atoms with Crippen LogP contribution in [0.1, 0.15) is 12.0 Å². The summed E-state index contributed by atoms with van der Waals surface area (Å²) in [6.45, 7) is 0. The van der Waals surface area contributed by atoms with Gasteiger partial charge in [0.2, 0.25) is 0 Å². The molecule has 0 atom stereocenters. The lowest BCUT2D eigenvalue weighted by Crippen LogP contribution is -2.18. The molecular formula is C8H4F5NO3. The van der Waals surface area contributed by atoms with Gasteiger partial charge in [0.05, 0.1) is 16.6 Å². The Bertz CT molecular complexity index is 432. The van der Waals surface area contributed by atoms with Crippen molar-refractivity contribution in [1.29, 1.82) is 0 Å². The molecule has 1 rings (SSSR count). The fourth-order valence-electron chi connectivity index (χ4n) is 1.03. The molecule has 0 amide bonds. The van der Waals surface area contributed by atoms with Crippen LogP contribution in [-0.2, 0) is 0 Å². The van der Waals surface area contributed by atoms with Gasteiger partial charge in [0.15, 0.2) is 0 Å². The van der Waals surface area contributed by atoms with E-state index in [4.69, 9.17) is 0 Å². The van der Waals surface area contributed by atoms with Gasteiger partial charge < -0.3 is 4.74 Å². The van der Waals surface area contributed by atoms with Gasteiger partial charge in [-0.25, -0.2) is 8.78 Å². The maximum atomic E-state index is 12.3. The van der Waals surface area contributed by atoms with Crippen molar-refractivity contribution in [2.75, 3.05) is 0 Å². The molecule has 0 N–H and O–H groups in total. The van der Waals surface area contributed by atoms with Crippen LogP contribution in [0.5, 0.6) is 5.75 Å². The zero-order valence-electron chi connectivity index (χ0n) is 7.87. The number of halogens is 5. The standard InChI is InChI=1S/C8H4F5NO3/c9-7(10)5-2-1-4(14(15)16)3-6(5)17-8(11,12)13/h1-3,7H. The third-order valence-corrected chi connectivity index (χ3v) is 1.67. The Hall–Kier alpha value is -1.93. The first-order valence-corrected chi connectivity index (χ1v) is 4.03. The monoisotopic (exact) mass is 257 g/mol. The molecule has 0 saturated carbocycles. The Labute approximate surface area is 90.8 Å². The van der Waals surface area contributed by atoms with Crippen molar-refractivity contribution >= 4 is 5.69 Å². The topological polar surface area (TPSA) is 52.4 Å². The Kier molecular flexibility index (Phi) is 3.49. The molecule has 0 aromatic heterocycles. The molecule has 0 fully saturated rings. The van der Waals surface area contributed by atoms with Crippen LogP contribution in [0.2, 0.25) is 0 Å². The quantitative estimate of drug-likeness (QED) is 0.473. The van der Waals surface area contributed by atoms with E-state index in [1.165, 1.54) is 0 Å². The average molecular weight is 257 g/mol. The molecule has 0 heterocycles. The number of alkyl halides is 5. The van der Waals surface area contributed by atoms with Crippen molar-refractivity contribution in [2.45, 2.75) is 12.8 Å². The van der Waals surface area contributed by atoms with Gasteiger partial charge in [-0.05, 0) is 6.07 Å². The van der Waals surface area contributed by atoms with Crippen molar-refractivity contribution in [1.82, 2.24) is 0 Å². The Morgan fingerprint density at radius 1 is 1.29 bits per heavy atom. The molecule has 4 nitrogen and oxygen atoms in total. The van der Waals surface area contributed by atoms with E-state index in [2.05, 4.69) is 4.74 Å². The number of nitro benzene ring substituents is 1. The summed E-state index contributed by atoms with van der Waals surface area (Å²) in [5.41, 5.74) is -1.83. The lowest BCUT2D eigenvalue weighted by atomic mass is 10.2.